The van der Waals surface area contributed by atoms with E-state index in [0.717, 1.165) is 113 Å². The molecule has 59 heavy (non-hydrogen) atoms. The number of hydrogen-bond donors (Lipinski definition) is 2. The van der Waals surface area contributed by atoms with Gasteiger partial charge in [-0.25, -0.2) is 9.97 Å². The molecular weight excluding hydrogens is 741 g/mol. The molecule has 3 aromatic rings. The van der Waals surface area contributed by atoms with Crippen molar-refractivity contribution in [2.24, 2.45) is 0 Å². The number of rotatable bonds is 13. The van der Waals surface area contributed by atoms with E-state index in [1.807, 2.05) is 25.1 Å². The predicted molar refractivity (Wildman–Crippen MR) is 231 cm³/mol. The van der Waals surface area contributed by atoms with Crippen LogP contribution in [-0.2, 0) is 25.1 Å². The maximum Gasteiger partial charge on any atom is 0.230 e. The first-order valence-electron chi connectivity index (χ1n) is 23.0. The molecule has 4 saturated heterocycles. The SMILES string of the molecule is CCNC(=O)C1(c2ccc(OC3CCN(C4CCC4)CC3)cc2)CCOCC1.c1cnc(NCC2(c3ccc(OC4CCN(C5CCC5)CC4)cc3)CCOCC2)nc1. The standard InChI is InChI=1S/C25H34N4O2.C23H34N2O3/c1-3-21(4-1)29-15-9-23(10-16-29)31-22-7-5-20(6-8-22)25(11-17-30-18-12-25)19-28-24-26-13-2-14-27-24;1-2-24-22(26)23(12-16-27-17-13-23)18-6-8-20(9-7-18)28-21-10-14-25(15-11-21)19-4-3-5-19/h2,5-8,13-14,21,23H,1,3-4,9-12,15-19H2,(H,26,27,28);6-9,19,21H,2-5,10-17H2,1H3,(H,24,26). The van der Waals surface area contributed by atoms with Gasteiger partial charge in [-0.05, 0) is 125 Å². The molecule has 2 aromatic carbocycles. The largest absolute Gasteiger partial charge is 0.490 e. The van der Waals surface area contributed by atoms with Gasteiger partial charge in [0.1, 0.15) is 23.7 Å². The maximum absolute atomic E-state index is 12.8. The van der Waals surface area contributed by atoms with Crippen LogP contribution in [0.5, 0.6) is 11.5 Å². The van der Waals surface area contributed by atoms with Crippen molar-refractivity contribution in [3.63, 3.8) is 0 Å². The first-order valence-corrected chi connectivity index (χ1v) is 23.0. The molecule has 6 fully saturated rings. The summed E-state index contributed by atoms with van der Waals surface area (Å²) in [6.45, 7) is 11.0. The molecule has 9 rings (SSSR count). The highest BCUT2D eigenvalue weighted by molar-refractivity contribution is 5.88. The van der Waals surface area contributed by atoms with Gasteiger partial charge in [-0.15, -0.1) is 0 Å². The molecule has 0 atom stereocenters. The molecule has 2 saturated carbocycles. The number of carbonyl (C=O) groups is 1. The van der Waals surface area contributed by atoms with E-state index in [1.54, 1.807) is 12.4 Å². The number of piperidine rings is 2. The number of hydrogen-bond acceptors (Lipinski definition) is 10. The average molecular weight is 809 g/mol. The number of likely N-dealkylation sites (N-methyl/N-ethyl adjacent to an activating group) is 1. The number of likely N-dealkylation sites (tertiary alicyclic amines) is 2. The third kappa shape index (κ3) is 10.4. The van der Waals surface area contributed by atoms with Gasteiger partial charge in [0.25, 0.3) is 0 Å². The van der Waals surface area contributed by atoms with Crippen molar-refractivity contribution < 1.29 is 23.7 Å². The van der Waals surface area contributed by atoms with Gasteiger partial charge in [0, 0.05) is 95.6 Å². The zero-order chi connectivity index (χ0) is 40.3. The number of ether oxygens (including phenoxy) is 4. The normalized spacial score (nSPS) is 23.1. The molecular formula is C48H68N6O5. The number of nitrogens with zero attached hydrogens (tertiary/aromatic N) is 4. The Morgan fingerprint density at radius 1 is 0.678 bits per heavy atom. The van der Waals surface area contributed by atoms with Crippen LogP contribution in [0.15, 0.2) is 67.0 Å². The second-order valence-corrected chi connectivity index (χ2v) is 17.8. The van der Waals surface area contributed by atoms with Crippen LogP contribution in [0.4, 0.5) is 5.95 Å². The molecule has 2 N–H and O–H groups in total. The van der Waals surface area contributed by atoms with E-state index in [0.29, 0.717) is 37.9 Å². The van der Waals surface area contributed by atoms with E-state index in [4.69, 9.17) is 18.9 Å². The molecule has 320 valence electrons. The number of nitrogens with one attached hydrogen (secondary N) is 2. The molecule has 6 aliphatic rings. The summed E-state index contributed by atoms with van der Waals surface area (Å²) >= 11 is 0. The van der Waals surface area contributed by atoms with Crippen molar-refractivity contribution >= 4 is 11.9 Å². The monoisotopic (exact) mass is 809 g/mol. The molecule has 11 nitrogen and oxygen atoms in total. The maximum atomic E-state index is 12.8. The highest BCUT2D eigenvalue weighted by atomic mass is 16.5. The number of carbonyl (C=O) groups excluding carboxylic acids is 1. The van der Waals surface area contributed by atoms with E-state index < -0.39 is 5.41 Å². The summed E-state index contributed by atoms with van der Waals surface area (Å²) < 4.78 is 23.8. The number of aromatic nitrogens is 2. The molecule has 1 amide bonds. The highest BCUT2D eigenvalue weighted by Crippen LogP contribution is 2.38. The minimum atomic E-state index is -0.471. The van der Waals surface area contributed by atoms with Gasteiger partial charge in [0.15, 0.2) is 0 Å². The molecule has 11 heteroatoms. The van der Waals surface area contributed by atoms with Crippen molar-refractivity contribution in [2.45, 2.75) is 132 Å². The lowest BCUT2D eigenvalue weighted by Crippen LogP contribution is -2.48. The van der Waals surface area contributed by atoms with Gasteiger partial charge in [-0.1, -0.05) is 37.1 Å². The van der Waals surface area contributed by atoms with Crippen LogP contribution < -0.4 is 20.1 Å². The molecule has 0 unspecified atom stereocenters. The Hall–Kier alpha value is -3.77. The fourth-order valence-corrected chi connectivity index (χ4v) is 10.0. The summed E-state index contributed by atoms with van der Waals surface area (Å²) in [6, 6.07) is 20.6. The minimum absolute atomic E-state index is 0.0318. The average Bonchev–Trinajstić information content (AvgIpc) is 3.25. The molecule has 0 spiro atoms. The van der Waals surface area contributed by atoms with Crippen LogP contribution in [0.3, 0.4) is 0 Å². The molecule has 2 aliphatic carbocycles. The van der Waals surface area contributed by atoms with E-state index in [9.17, 15) is 4.79 Å². The molecule has 1 aromatic heterocycles. The lowest BCUT2D eigenvalue weighted by atomic mass is 9.73. The van der Waals surface area contributed by atoms with Gasteiger partial charge in [-0.3, -0.25) is 4.79 Å². The Bertz CT molecular complexity index is 1710. The fraction of sp³-hybridized carbons (Fsp3) is 0.646. The summed E-state index contributed by atoms with van der Waals surface area (Å²) in [4.78, 5) is 26.8. The van der Waals surface area contributed by atoms with Crippen LogP contribution in [0.2, 0.25) is 0 Å². The molecule has 4 aliphatic heterocycles. The zero-order valence-electron chi connectivity index (χ0n) is 35.5. The highest BCUT2D eigenvalue weighted by Gasteiger charge is 2.41. The van der Waals surface area contributed by atoms with Crippen LogP contribution in [0.25, 0.3) is 0 Å². The topological polar surface area (TPSA) is 110 Å². The smallest absolute Gasteiger partial charge is 0.230 e. The second kappa shape index (κ2) is 20.2. The van der Waals surface area contributed by atoms with Crippen LogP contribution in [-0.4, -0.2) is 116 Å². The zero-order valence-corrected chi connectivity index (χ0v) is 35.5. The summed E-state index contributed by atoms with van der Waals surface area (Å²) in [5.74, 6) is 2.72. The first-order chi connectivity index (χ1) is 29.0. The third-order valence-corrected chi connectivity index (χ3v) is 14.3. The summed E-state index contributed by atoms with van der Waals surface area (Å²) in [5, 5.41) is 6.47. The number of anilines is 1. The molecule has 0 bridgehead atoms. The summed E-state index contributed by atoms with van der Waals surface area (Å²) in [7, 11) is 0. The number of amides is 1. The van der Waals surface area contributed by atoms with Gasteiger partial charge < -0.3 is 39.4 Å². The minimum Gasteiger partial charge on any atom is -0.490 e. The van der Waals surface area contributed by atoms with Crippen molar-refractivity contribution in [1.82, 2.24) is 25.1 Å². The number of benzene rings is 2. The van der Waals surface area contributed by atoms with Crippen LogP contribution >= 0.6 is 0 Å². The van der Waals surface area contributed by atoms with Crippen LogP contribution in [0, 0.1) is 0 Å². The molecule has 5 heterocycles. The van der Waals surface area contributed by atoms with E-state index in [2.05, 4.69) is 66.8 Å². The third-order valence-electron chi connectivity index (χ3n) is 14.3. The lowest BCUT2D eigenvalue weighted by molar-refractivity contribution is -0.130. The van der Waals surface area contributed by atoms with Gasteiger partial charge in [0.2, 0.25) is 11.9 Å². The van der Waals surface area contributed by atoms with Crippen molar-refractivity contribution in [3.05, 3.63) is 78.1 Å². The Balaban J connectivity index is 0.000000165. The Morgan fingerprint density at radius 2 is 1.15 bits per heavy atom. The Labute approximate surface area is 352 Å². The van der Waals surface area contributed by atoms with Gasteiger partial charge >= 0.3 is 0 Å². The van der Waals surface area contributed by atoms with Gasteiger partial charge in [0.05, 0.1) is 5.41 Å². The first kappa shape index (κ1) is 41.9. The van der Waals surface area contributed by atoms with E-state index >= 15 is 0 Å². The fourth-order valence-electron chi connectivity index (χ4n) is 10.0. The Morgan fingerprint density at radius 3 is 1.61 bits per heavy atom. The summed E-state index contributed by atoms with van der Waals surface area (Å²) in [6.07, 6.45) is 20.5. The molecule has 0 radical (unpaired) electrons. The van der Waals surface area contributed by atoms with Crippen molar-refractivity contribution in [3.8, 4) is 11.5 Å². The van der Waals surface area contributed by atoms with Crippen molar-refractivity contribution in [1.29, 1.82) is 0 Å². The van der Waals surface area contributed by atoms with Gasteiger partial charge in [-0.2, -0.15) is 0 Å². The Kier molecular flexibility index (Phi) is 14.4. The van der Waals surface area contributed by atoms with E-state index in [1.165, 1.54) is 57.2 Å². The lowest BCUT2D eigenvalue weighted by Gasteiger charge is -2.41. The second-order valence-electron chi connectivity index (χ2n) is 17.8. The predicted octanol–water partition coefficient (Wildman–Crippen LogP) is 7.30. The van der Waals surface area contributed by atoms with Crippen molar-refractivity contribution in [2.75, 3.05) is 71.0 Å². The van der Waals surface area contributed by atoms with E-state index in [-0.39, 0.29) is 11.3 Å². The van der Waals surface area contributed by atoms with Crippen LogP contribution in [0.1, 0.15) is 108 Å². The summed E-state index contributed by atoms with van der Waals surface area (Å²) in [5.41, 5.74) is 1.98. The quantitative estimate of drug-likeness (QED) is 0.183.